The maximum atomic E-state index is 6.29. The minimum atomic E-state index is 0.377. The Bertz CT molecular complexity index is 1360. The minimum absolute atomic E-state index is 0.377. The summed E-state index contributed by atoms with van der Waals surface area (Å²) in [7, 11) is 1.60. The van der Waals surface area contributed by atoms with Gasteiger partial charge < -0.3 is 9.47 Å². The summed E-state index contributed by atoms with van der Waals surface area (Å²) in [5.74, 6) is 2.50. The first-order chi connectivity index (χ1) is 16.9. The monoisotopic (exact) mass is 546 g/mol. The Hall–Kier alpha value is -2.71. The Kier molecular flexibility index (Phi) is 8.57. The molecule has 180 valence electrons. The van der Waals surface area contributed by atoms with E-state index >= 15 is 0 Å². The van der Waals surface area contributed by atoms with Crippen LogP contribution in [0.1, 0.15) is 22.5 Å². The van der Waals surface area contributed by atoms with E-state index in [9.17, 15) is 0 Å². The Morgan fingerprint density at radius 2 is 1.80 bits per heavy atom. The molecule has 0 bridgehead atoms. The molecule has 0 radical (unpaired) electrons. The molecule has 0 amide bonds. The normalized spacial score (nSPS) is 11.2. The quantitative estimate of drug-likeness (QED) is 0.162. The lowest BCUT2D eigenvalue weighted by Crippen LogP contribution is -1.99. The van der Waals surface area contributed by atoms with Crippen LogP contribution in [0, 0.1) is 6.92 Å². The smallest absolute Gasteiger partial charge is 0.212 e. The SMILES string of the molecule is COc1cc(/C=N/n2c(C)nnc2SCc2ccc(Cl)cc2Cl)ccc1OCc1cccc(Cl)c1. The Labute approximate surface area is 222 Å². The van der Waals surface area contributed by atoms with Crippen LogP contribution in [0.25, 0.3) is 0 Å². The number of benzene rings is 3. The van der Waals surface area contributed by atoms with Crippen molar-refractivity contribution >= 4 is 52.8 Å². The number of hydrogen-bond donors (Lipinski definition) is 0. The lowest BCUT2D eigenvalue weighted by Gasteiger charge is -2.11. The van der Waals surface area contributed by atoms with Crippen molar-refractivity contribution in [1.82, 2.24) is 14.9 Å². The Balaban J connectivity index is 1.46. The Morgan fingerprint density at radius 3 is 2.57 bits per heavy atom. The molecule has 35 heavy (non-hydrogen) atoms. The average Bonchev–Trinajstić information content (AvgIpc) is 3.20. The molecule has 0 N–H and O–H groups in total. The van der Waals surface area contributed by atoms with Gasteiger partial charge >= 0.3 is 0 Å². The van der Waals surface area contributed by atoms with Crippen LogP contribution in [0.5, 0.6) is 11.5 Å². The molecular weight excluding hydrogens is 527 g/mol. The van der Waals surface area contributed by atoms with Gasteiger partial charge in [-0.3, -0.25) is 0 Å². The van der Waals surface area contributed by atoms with Crippen molar-refractivity contribution in [2.24, 2.45) is 5.10 Å². The summed E-state index contributed by atoms with van der Waals surface area (Å²) in [5.41, 5.74) is 2.76. The Morgan fingerprint density at radius 1 is 0.971 bits per heavy atom. The second-order valence-corrected chi connectivity index (χ2v) is 9.66. The van der Waals surface area contributed by atoms with Gasteiger partial charge in [0.25, 0.3) is 0 Å². The van der Waals surface area contributed by atoms with Crippen molar-refractivity contribution in [1.29, 1.82) is 0 Å². The van der Waals surface area contributed by atoms with E-state index in [4.69, 9.17) is 44.3 Å². The molecule has 0 unspecified atom stereocenters. The standard InChI is InChI=1S/C25H21Cl3N4O2S/c1-16-30-31-25(35-15-19-7-8-21(27)12-22(19)28)32(16)29-13-17-6-9-23(24(11-17)33-2)34-14-18-4-3-5-20(26)10-18/h3-13H,14-15H2,1-2H3/b29-13+. The van der Waals surface area contributed by atoms with E-state index in [1.54, 1.807) is 24.1 Å². The molecule has 4 aromatic rings. The van der Waals surface area contributed by atoms with Crippen LogP contribution >= 0.6 is 46.6 Å². The van der Waals surface area contributed by atoms with E-state index in [0.29, 0.717) is 49.9 Å². The first kappa shape index (κ1) is 25.4. The average molecular weight is 548 g/mol. The molecule has 0 saturated heterocycles. The third kappa shape index (κ3) is 6.70. The lowest BCUT2D eigenvalue weighted by atomic mass is 10.2. The first-order valence-electron chi connectivity index (χ1n) is 10.5. The number of ether oxygens (including phenoxy) is 2. The molecule has 0 aliphatic rings. The summed E-state index contributed by atoms with van der Waals surface area (Å²) >= 11 is 19.8. The van der Waals surface area contributed by atoms with Crippen molar-refractivity contribution in [2.75, 3.05) is 7.11 Å². The van der Waals surface area contributed by atoms with Crippen molar-refractivity contribution in [3.8, 4) is 11.5 Å². The van der Waals surface area contributed by atoms with E-state index in [1.165, 1.54) is 11.8 Å². The summed E-state index contributed by atoms with van der Waals surface area (Å²) in [6.07, 6.45) is 1.72. The number of halogens is 3. The fraction of sp³-hybridized carbons (Fsp3) is 0.160. The second-order valence-electron chi connectivity index (χ2n) is 7.44. The first-order valence-corrected chi connectivity index (χ1v) is 12.6. The number of rotatable bonds is 9. The van der Waals surface area contributed by atoms with Crippen molar-refractivity contribution in [2.45, 2.75) is 24.4 Å². The van der Waals surface area contributed by atoms with Crippen LogP contribution in [0.3, 0.4) is 0 Å². The van der Waals surface area contributed by atoms with Gasteiger partial charge in [-0.15, -0.1) is 10.2 Å². The maximum Gasteiger partial charge on any atom is 0.212 e. The highest BCUT2D eigenvalue weighted by atomic mass is 35.5. The molecule has 0 aliphatic heterocycles. The van der Waals surface area contributed by atoms with Crippen LogP contribution in [0.15, 0.2) is 70.9 Å². The fourth-order valence-corrected chi connectivity index (χ4v) is 4.84. The minimum Gasteiger partial charge on any atom is -0.493 e. The highest BCUT2D eigenvalue weighted by Gasteiger charge is 2.11. The summed E-state index contributed by atoms with van der Waals surface area (Å²) in [6, 6.07) is 18.6. The zero-order chi connectivity index (χ0) is 24.8. The molecule has 0 fully saturated rings. The summed E-state index contributed by atoms with van der Waals surface area (Å²) in [5, 5.41) is 15.5. The highest BCUT2D eigenvalue weighted by molar-refractivity contribution is 7.98. The van der Waals surface area contributed by atoms with E-state index in [2.05, 4.69) is 15.3 Å². The molecule has 10 heteroatoms. The molecule has 0 spiro atoms. The van der Waals surface area contributed by atoms with Gasteiger partial charge in [-0.25, -0.2) is 0 Å². The lowest BCUT2D eigenvalue weighted by molar-refractivity contribution is 0.284. The predicted molar refractivity (Wildman–Crippen MR) is 143 cm³/mol. The fourth-order valence-electron chi connectivity index (χ4n) is 3.14. The number of methoxy groups -OCH3 is 1. The van der Waals surface area contributed by atoms with Gasteiger partial charge in [-0.05, 0) is 66.1 Å². The zero-order valence-corrected chi connectivity index (χ0v) is 22.0. The number of aromatic nitrogens is 3. The third-order valence-electron chi connectivity index (χ3n) is 4.93. The zero-order valence-electron chi connectivity index (χ0n) is 18.9. The molecule has 4 rings (SSSR count). The summed E-state index contributed by atoms with van der Waals surface area (Å²) < 4.78 is 13.1. The third-order valence-corrected chi connectivity index (χ3v) is 6.72. The molecule has 0 aliphatic carbocycles. The molecule has 3 aromatic carbocycles. The van der Waals surface area contributed by atoms with E-state index in [-0.39, 0.29) is 0 Å². The van der Waals surface area contributed by atoms with Gasteiger partial charge in [0.15, 0.2) is 17.3 Å². The predicted octanol–water partition coefficient (Wildman–Crippen LogP) is 7.31. The molecule has 6 nitrogen and oxygen atoms in total. The van der Waals surface area contributed by atoms with Gasteiger partial charge in [0.2, 0.25) is 5.16 Å². The molecule has 0 atom stereocenters. The van der Waals surface area contributed by atoms with Crippen LogP contribution in [-0.2, 0) is 12.4 Å². The van der Waals surface area contributed by atoms with Crippen LogP contribution in [-0.4, -0.2) is 28.2 Å². The number of thioether (sulfide) groups is 1. The van der Waals surface area contributed by atoms with Gasteiger partial charge in [0.1, 0.15) is 6.61 Å². The highest BCUT2D eigenvalue weighted by Crippen LogP contribution is 2.30. The second kappa shape index (κ2) is 11.8. The van der Waals surface area contributed by atoms with Crippen LogP contribution in [0.4, 0.5) is 0 Å². The van der Waals surface area contributed by atoms with E-state index in [1.807, 2.05) is 61.5 Å². The van der Waals surface area contributed by atoms with Gasteiger partial charge in [-0.1, -0.05) is 64.8 Å². The van der Waals surface area contributed by atoms with Crippen LogP contribution in [0.2, 0.25) is 15.1 Å². The van der Waals surface area contributed by atoms with Gasteiger partial charge in [-0.2, -0.15) is 9.78 Å². The molecule has 1 heterocycles. The van der Waals surface area contributed by atoms with Crippen molar-refractivity contribution in [3.63, 3.8) is 0 Å². The largest absolute Gasteiger partial charge is 0.493 e. The molecule has 0 saturated carbocycles. The van der Waals surface area contributed by atoms with Gasteiger partial charge in [0, 0.05) is 20.8 Å². The number of hydrogen-bond acceptors (Lipinski definition) is 6. The number of aryl methyl sites for hydroxylation is 1. The van der Waals surface area contributed by atoms with Crippen molar-refractivity contribution < 1.29 is 9.47 Å². The molecule has 1 aromatic heterocycles. The van der Waals surface area contributed by atoms with E-state index in [0.717, 1.165) is 16.7 Å². The maximum absolute atomic E-state index is 6.29. The topological polar surface area (TPSA) is 61.5 Å². The molecular formula is C25H21Cl3N4O2S. The van der Waals surface area contributed by atoms with Crippen molar-refractivity contribution in [3.05, 3.63) is 98.2 Å². The van der Waals surface area contributed by atoms with Gasteiger partial charge in [0.05, 0.1) is 13.3 Å². The number of nitrogens with zero attached hydrogens (tertiary/aromatic N) is 4. The van der Waals surface area contributed by atoms with E-state index < -0.39 is 0 Å². The summed E-state index contributed by atoms with van der Waals surface area (Å²) in [6.45, 7) is 2.22. The summed E-state index contributed by atoms with van der Waals surface area (Å²) in [4.78, 5) is 0. The van der Waals surface area contributed by atoms with Crippen LogP contribution < -0.4 is 9.47 Å².